The van der Waals surface area contributed by atoms with E-state index in [2.05, 4.69) is 10.5 Å². The van der Waals surface area contributed by atoms with Gasteiger partial charge in [-0.25, -0.2) is 5.43 Å². The van der Waals surface area contributed by atoms with Crippen LogP contribution >= 0.6 is 0 Å². The first kappa shape index (κ1) is 15.6. The maximum absolute atomic E-state index is 11.6. The van der Waals surface area contributed by atoms with E-state index in [9.17, 15) is 4.79 Å². The Hall–Kier alpha value is -2.82. The number of nitrogens with one attached hydrogen (secondary N) is 1. The number of para-hydroxylation sites is 1. The minimum absolute atomic E-state index is 0.0909. The van der Waals surface area contributed by atoms with E-state index >= 15 is 0 Å². The van der Waals surface area contributed by atoms with Crippen molar-refractivity contribution in [2.24, 2.45) is 5.10 Å². The lowest BCUT2D eigenvalue weighted by Gasteiger charge is -2.05. The van der Waals surface area contributed by atoms with E-state index < -0.39 is 0 Å². The fourth-order valence-corrected chi connectivity index (χ4v) is 1.76. The molecule has 0 aliphatic rings. The number of benzene rings is 2. The Bertz CT molecular complexity index is 651. The van der Waals surface area contributed by atoms with Gasteiger partial charge in [0, 0.05) is 5.56 Å². The number of amides is 1. The first-order valence-corrected chi connectivity index (χ1v) is 6.83. The van der Waals surface area contributed by atoms with Crippen LogP contribution in [-0.4, -0.2) is 25.8 Å². The van der Waals surface area contributed by atoms with Gasteiger partial charge in [-0.1, -0.05) is 29.8 Å². The summed E-state index contributed by atoms with van der Waals surface area (Å²) in [4.78, 5) is 11.6. The number of hydrogen-bond donors (Lipinski definition) is 1. The molecule has 0 saturated carbocycles. The number of methoxy groups -OCH3 is 1. The molecule has 114 valence electrons. The fourth-order valence-electron chi connectivity index (χ4n) is 1.76. The van der Waals surface area contributed by atoms with Crippen molar-refractivity contribution in [3.63, 3.8) is 0 Å². The number of hydrazone groups is 1. The van der Waals surface area contributed by atoms with E-state index in [1.165, 1.54) is 6.21 Å². The van der Waals surface area contributed by atoms with Crippen molar-refractivity contribution in [1.29, 1.82) is 0 Å². The first-order chi connectivity index (χ1) is 10.7. The Morgan fingerprint density at radius 3 is 2.64 bits per heavy atom. The van der Waals surface area contributed by atoms with Crippen LogP contribution in [0.25, 0.3) is 0 Å². The lowest BCUT2D eigenvalue weighted by molar-refractivity contribution is -0.123. The molecule has 0 unspecified atom stereocenters. The second-order valence-electron chi connectivity index (χ2n) is 4.64. The molecule has 0 fully saturated rings. The number of nitrogens with zero attached hydrogens (tertiary/aromatic N) is 1. The van der Waals surface area contributed by atoms with Crippen LogP contribution in [0, 0.1) is 6.92 Å². The summed E-state index contributed by atoms with van der Waals surface area (Å²) in [6.07, 6.45) is 1.53. The van der Waals surface area contributed by atoms with Gasteiger partial charge < -0.3 is 9.47 Å². The van der Waals surface area contributed by atoms with Gasteiger partial charge in [0.2, 0.25) is 0 Å². The molecule has 0 saturated heterocycles. The second kappa shape index (κ2) is 7.83. The maximum atomic E-state index is 11.6. The molecule has 0 aliphatic carbocycles. The monoisotopic (exact) mass is 298 g/mol. The van der Waals surface area contributed by atoms with Crippen molar-refractivity contribution < 1.29 is 14.3 Å². The Labute approximate surface area is 129 Å². The van der Waals surface area contributed by atoms with Crippen LogP contribution in [0.2, 0.25) is 0 Å². The van der Waals surface area contributed by atoms with Crippen LogP contribution in [0.1, 0.15) is 11.1 Å². The van der Waals surface area contributed by atoms with E-state index in [-0.39, 0.29) is 12.5 Å². The average Bonchev–Trinajstić information content (AvgIpc) is 2.55. The highest BCUT2D eigenvalue weighted by Crippen LogP contribution is 2.14. The van der Waals surface area contributed by atoms with Gasteiger partial charge in [0.05, 0.1) is 13.3 Å². The van der Waals surface area contributed by atoms with Crippen molar-refractivity contribution in [2.75, 3.05) is 13.7 Å². The molecule has 5 nitrogen and oxygen atoms in total. The molecule has 0 bridgehead atoms. The molecule has 1 N–H and O–H groups in total. The number of rotatable bonds is 6. The quantitative estimate of drug-likeness (QED) is 0.658. The third-order valence-electron chi connectivity index (χ3n) is 2.92. The summed E-state index contributed by atoms with van der Waals surface area (Å²) in [6, 6.07) is 14.9. The summed E-state index contributed by atoms with van der Waals surface area (Å²) in [5.74, 6) is 1.01. The van der Waals surface area contributed by atoms with Gasteiger partial charge in [0.25, 0.3) is 5.91 Å². The third kappa shape index (κ3) is 4.63. The molecule has 0 atom stereocenters. The normalized spacial score (nSPS) is 10.5. The summed E-state index contributed by atoms with van der Waals surface area (Å²) in [5.41, 5.74) is 4.33. The lowest BCUT2D eigenvalue weighted by Crippen LogP contribution is -2.24. The molecule has 0 spiro atoms. The molecule has 22 heavy (non-hydrogen) atoms. The summed E-state index contributed by atoms with van der Waals surface area (Å²) in [5, 5.41) is 3.89. The second-order valence-corrected chi connectivity index (χ2v) is 4.64. The Morgan fingerprint density at radius 2 is 1.91 bits per heavy atom. The summed E-state index contributed by atoms with van der Waals surface area (Å²) >= 11 is 0. The van der Waals surface area contributed by atoms with Crippen LogP contribution in [0.3, 0.4) is 0 Å². The van der Waals surface area contributed by atoms with Crippen LogP contribution in [0.4, 0.5) is 0 Å². The molecule has 2 rings (SSSR count). The Morgan fingerprint density at radius 1 is 1.18 bits per heavy atom. The van der Waals surface area contributed by atoms with E-state index in [0.29, 0.717) is 11.5 Å². The summed E-state index contributed by atoms with van der Waals surface area (Å²) < 4.78 is 10.5. The largest absolute Gasteiger partial charge is 0.496 e. The van der Waals surface area contributed by atoms with Gasteiger partial charge in [0.15, 0.2) is 6.61 Å². The number of ether oxygens (including phenoxy) is 2. The number of aryl methyl sites for hydroxylation is 1. The lowest BCUT2D eigenvalue weighted by atomic mass is 10.2. The van der Waals surface area contributed by atoms with Crippen molar-refractivity contribution in [3.8, 4) is 11.5 Å². The summed E-state index contributed by atoms with van der Waals surface area (Å²) in [6.45, 7) is 1.90. The summed E-state index contributed by atoms with van der Waals surface area (Å²) in [7, 11) is 1.58. The first-order valence-electron chi connectivity index (χ1n) is 6.83. The molecule has 0 aliphatic heterocycles. The van der Waals surface area contributed by atoms with E-state index in [1.54, 1.807) is 7.11 Å². The molecule has 0 aromatic heterocycles. The van der Waals surface area contributed by atoms with Gasteiger partial charge in [-0.15, -0.1) is 0 Å². The third-order valence-corrected chi connectivity index (χ3v) is 2.92. The smallest absolute Gasteiger partial charge is 0.277 e. The van der Waals surface area contributed by atoms with Crippen molar-refractivity contribution in [3.05, 3.63) is 59.7 Å². The van der Waals surface area contributed by atoms with Gasteiger partial charge in [-0.3, -0.25) is 4.79 Å². The van der Waals surface area contributed by atoms with Crippen molar-refractivity contribution in [1.82, 2.24) is 5.43 Å². The highest BCUT2D eigenvalue weighted by atomic mass is 16.5. The predicted octanol–water partition coefficient (Wildman–Crippen LogP) is 2.53. The number of hydrogen-bond acceptors (Lipinski definition) is 4. The zero-order valence-electron chi connectivity index (χ0n) is 12.6. The van der Waals surface area contributed by atoms with Gasteiger partial charge in [-0.2, -0.15) is 5.10 Å². The maximum Gasteiger partial charge on any atom is 0.277 e. The highest BCUT2D eigenvalue weighted by Gasteiger charge is 2.02. The predicted molar refractivity (Wildman–Crippen MR) is 85.4 cm³/mol. The van der Waals surface area contributed by atoms with Crippen LogP contribution in [0.15, 0.2) is 53.6 Å². The zero-order chi connectivity index (χ0) is 15.8. The minimum atomic E-state index is -0.327. The topological polar surface area (TPSA) is 59.9 Å². The molecule has 5 heteroatoms. The molecular weight excluding hydrogens is 280 g/mol. The average molecular weight is 298 g/mol. The molecule has 1 amide bonds. The fraction of sp³-hybridized carbons (Fsp3) is 0.176. The number of carbonyl (C=O) groups excluding carboxylic acids is 1. The molecule has 0 radical (unpaired) electrons. The highest BCUT2D eigenvalue weighted by molar-refractivity contribution is 5.85. The standard InChI is InChI=1S/C17H18N2O3/c1-13-7-9-15(10-8-13)22-12-17(20)19-18-11-14-5-3-4-6-16(14)21-2/h3-11H,12H2,1-2H3,(H,19,20)/b18-11+. The van der Waals surface area contributed by atoms with E-state index in [1.807, 2.05) is 55.5 Å². The van der Waals surface area contributed by atoms with E-state index in [0.717, 1.165) is 11.1 Å². The Kier molecular flexibility index (Phi) is 5.54. The molecule has 0 heterocycles. The molecule has 2 aromatic carbocycles. The minimum Gasteiger partial charge on any atom is -0.496 e. The molecule has 2 aromatic rings. The number of carbonyl (C=O) groups is 1. The van der Waals surface area contributed by atoms with Gasteiger partial charge >= 0.3 is 0 Å². The van der Waals surface area contributed by atoms with Crippen LogP contribution in [0.5, 0.6) is 11.5 Å². The zero-order valence-corrected chi connectivity index (χ0v) is 12.6. The van der Waals surface area contributed by atoms with Gasteiger partial charge in [0.1, 0.15) is 11.5 Å². The SMILES string of the molecule is COc1ccccc1/C=N/NC(=O)COc1ccc(C)cc1. The Balaban J connectivity index is 1.82. The van der Waals surface area contributed by atoms with Crippen molar-refractivity contribution >= 4 is 12.1 Å². The van der Waals surface area contributed by atoms with E-state index in [4.69, 9.17) is 9.47 Å². The van der Waals surface area contributed by atoms with Crippen molar-refractivity contribution in [2.45, 2.75) is 6.92 Å². The van der Waals surface area contributed by atoms with Gasteiger partial charge in [-0.05, 0) is 31.2 Å². The van der Waals surface area contributed by atoms with Crippen LogP contribution in [-0.2, 0) is 4.79 Å². The molecular formula is C17H18N2O3. The van der Waals surface area contributed by atoms with Crippen LogP contribution < -0.4 is 14.9 Å².